The summed E-state index contributed by atoms with van der Waals surface area (Å²) in [5, 5.41) is 9.18. The fourth-order valence-electron chi connectivity index (χ4n) is 3.61. The zero-order chi connectivity index (χ0) is 25.3. The molecule has 188 valence electrons. The Morgan fingerprint density at radius 2 is 1.88 bits per heavy atom. The van der Waals surface area contributed by atoms with Gasteiger partial charge in [-0.1, -0.05) is 23.7 Å². The summed E-state index contributed by atoms with van der Waals surface area (Å²) in [7, 11) is 1.83. The van der Waals surface area contributed by atoms with E-state index >= 15 is 0 Å². The van der Waals surface area contributed by atoms with Crippen molar-refractivity contribution in [2.75, 3.05) is 38.7 Å². The lowest BCUT2D eigenvalue weighted by atomic mass is 9.91. The molecule has 0 saturated carbocycles. The lowest BCUT2D eigenvalue weighted by Gasteiger charge is -2.18. The number of carbonyl (C=O) groups excluding carboxylic acids is 3. The fraction of sp³-hybridized carbons (Fsp3) is 0.625. The van der Waals surface area contributed by atoms with Gasteiger partial charge in [-0.05, 0) is 61.9 Å². The minimum Gasteiger partial charge on any atom is -0.352 e. The Balaban J connectivity index is 2.53. The minimum absolute atomic E-state index is 0.0439. The fourth-order valence-corrected chi connectivity index (χ4v) is 5.20. The topological polar surface area (TPSA) is 150 Å². The predicted molar refractivity (Wildman–Crippen MR) is 139 cm³/mol. The second-order valence-electron chi connectivity index (χ2n) is 8.43. The molecule has 1 aromatic rings. The Morgan fingerprint density at radius 1 is 1.18 bits per heavy atom. The molecule has 34 heavy (non-hydrogen) atoms. The van der Waals surface area contributed by atoms with Crippen molar-refractivity contribution in [3.05, 3.63) is 45.8 Å². The number of unbranched alkanes of at least 4 members (excludes halogenated alkanes) is 1. The van der Waals surface area contributed by atoms with Crippen LogP contribution in [-0.2, 0) is 26.2 Å². The molecule has 1 unspecified atom stereocenters. The largest absolute Gasteiger partial charge is 0.352 e. The number of hydrogen-bond acceptors (Lipinski definition) is 6. The number of nitrogens with zero attached hydrogens (tertiary/aromatic N) is 3. The van der Waals surface area contributed by atoms with Crippen LogP contribution in [0.1, 0.15) is 54.9 Å². The molecular weight excluding hydrogens is 452 g/mol. The van der Waals surface area contributed by atoms with Gasteiger partial charge in [0, 0.05) is 47.9 Å². The third kappa shape index (κ3) is 11.7. The standard InChI is InChI=1S/C24H38N6O3S/c1-18(31)21(16-23(32)22(27-2)6-4-5-12-25)11-15-34(3)17-19-7-9-20(10-8-19)24(33)28-13-14-29-30-26/h7-10,21-22,27H,4-6,11-17,25H2,1-3H3/p+1/t21-,22+,34?/m1/s1. The van der Waals surface area contributed by atoms with E-state index in [-0.39, 0.29) is 53.3 Å². The Labute approximate surface area is 205 Å². The van der Waals surface area contributed by atoms with Crippen molar-refractivity contribution in [2.45, 2.75) is 50.8 Å². The molecule has 9 nitrogen and oxygen atoms in total. The molecule has 1 rings (SSSR count). The van der Waals surface area contributed by atoms with Crippen LogP contribution in [0.25, 0.3) is 10.4 Å². The van der Waals surface area contributed by atoms with E-state index in [1.165, 1.54) is 0 Å². The van der Waals surface area contributed by atoms with Gasteiger partial charge in [0.2, 0.25) is 0 Å². The Bertz CT molecular complexity index is 827. The van der Waals surface area contributed by atoms with Gasteiger partial charge < -0.3 is 16.4 Å². The maximum Gasteiger partial charge on any atom is 0.251 e. The summed E-state index contributed by atoms with van der Waals surface area (Å²) in [6.45, 7) is 2.71. The van der Waals surface area contributed by atoms with Gasteiger partial charge in [-0.3, -0.25) is 14.4 Å². The molecule has 0 saturated heterocycles. The van der Waals surface area contributed by atoms with Gasteiger partial charge >= 0.3 is 0 Å². The van der Waals surface area contributed by atoms with E-state index in [1.807, 2.05) is 12.1 Å². The number of amides is 1. The Hall–Kier alpha value is -2.39. The third-order valence-corrected chi connectivity index (χ3v) is 7.47. The number of nitrogens with one attached hydrogen (secondary N) is 2. The van der Waals surface area contributed by atoms with Crippen molar-refractivity contribution >= 4 is 28.4 Å². The average molecular weight is 492 g/mol. The lowest BCUT2D eigenvalue weighted by Crippen LogP contribution is -2.36. The van der Waals surface area contributed by atoms with Crippen LogP contribution in [0.3, 0.4) is 0 Å². The molecule has 1 aromatic carbocycles. The molecular formula is C24H39N6O3S+. The molecule has 3 atom stereocenters. The quantitative estimate of drug-likeness (QED) is 0.0948. The first-order chi connectivity index (χ1) is 16.3. The summed E-state index contributed by atoms with van der Waals surface area (Å²) in [6, 6.07) is 7.24. The van der Waals surface area contributed by atoms with Crippen LogP contribution < -0.4 is 16.4 Å². The molecule has 0 aromatic heterocycles. The molecule has 0 radical (unpaired) electrons. The van der Waals surface area contributed by atoms with Crippen molar-refractivity contribution in [2.24, 2.45) is 16.8 Å². The SMILES string of the molecule is CN[C@@H](CCCCN)C(=O)C[C@@H](CC[S+](C)Cc1ccc(C(=O)NCCN=[N+]=[N-])cc1)C(C)=O. The van der Waals surface area contributed by atoms with E-state index in [4.69, 9.17) is 11.3 Å². The number of likely N-dealkylation sites (N-methyl/N-ethyl adjacent to an activating group) is 1. The summed E-state index contributed by atoms with van der Waals surface area (Å²) in [5.74, 6) is 1.45. The van der Waals surface area contributed by atoms with E-state index in [2.05, 4.69) is 26.9 Å². The number of azide groups is 1. The molecule has 0 spiro atoms. The summed E-state index contributed by atoms with van der Waals surface area (Å²) >= 11 is 0. The summed E-state index contributed by atoms with van der Waals surface area (Å²) in [4.78, 5) is 39.6. The second kappa shape index (κ2) is 17.1. The Morgan fingerprint density at radius 3 is 2.47 bits per heavy atom. The van der Waals surface area contributed by atoms with Crippen LogP contribution in [0, 0.1) is 5.92 Å². The lowest BCUT2D eigenvalue weighted by molar-refractivity contribution is -0.127. The first kappa shape index (κ1) is 29.6. The molecule has 0 bridgehead atoms. The summed E-state index contributed by atoms with van der Waals surface area (Å²) < 4.78 is 0. The van der Waals surface area contributed by atoms with Crippen molar-refractivity contribution in [3.8, 4) is 0 Å². The van der Waals surface area contributed by atoms with Crippen LogP contribution in [0.5, 0.6) is 0 Å². The predicted octanol–water partition coefficient (Wildman–Crippen LogP) is 2.75. The smallest absolute Gasteiger partial charge is 0.251 e. The average Bonchev–Trinajstić information content (AvgIpc) is 2.82. The molecule has 1 amide bonds. The van der Waals surface area contributed by atoms with Crippen LogP contribution >= 0.6 is 0 Å². The van der Waals surface area contributed by atoms with Gasteiger partial charge in [-0.25, -0.2) is 0 Å². The number of carbonyl (C=O) groups is 3. The minimum atomic E-state index is -0.246. The zero-order valence-corrected chi connectivity index (χ0v) is 21.4. The number of rotatable bonds is 18. The molecule has 0 fully saturated rings. The number of nitrogens with two attached hydrogens (primary N) is 1. The number of hydrogen-bond donors (Lipinski definition) is 3. The highest BCUT2D eigenvalue weighted by Gasteiger charge is 2.25. The van der Waals surface area contributed by atoms with E-state index in [9.17, 15) is 14.4 Å². The van der Waals surface area contributed by atoms with Gasteiger partial charge in [-0.2, -0.15) is 0 Å². The maximum atomic E-state index is 12.7. The van der Waals surface area contributed by atoms with Gasteiger partial charge in [0.25, 0.3) is 5.91 Å². The van der Waals surface area contributed by atoms with E-state index in [0.29, 0.717) is 25.1 Å². The van der Waals surface area contributed by atoms with Crippen LogP contribution in [0.4, 0.5) is 0 Å². The van der Waals surface area contributed by atoms with Gasteiger partial charge in [0.05, 0.1) is 12.3 Å². The summed E-state index contributed by atoms with van der Waals surface area (Å²) in [6.07, 6.45) is 5.68. The molecule has 0 aliphatic carbocycles. The van der Waals surface area contributed by atoms with Gasteiger partial charge in [0.1, 0.15) is 23.1 Å². The highest BCUT2D eigenvalue weighted by atomic mass is 32.2. The van der Waals surface area contributed by atoms with Crippen molar-refractivity contribution in [1.29, 1.82) is 0 Å². The highest BCUT2D eigenvalue weighted by Crippen LogP contribution is 2.18. The van der Waals surface area contributed by atoms with Crippen molar-refractivity contribution in [1.82, 2.24) is 10.6 Å². The first-order valence-corrected chi connectivity index (χ1v) is 13.7. The second-order valence-corrected chi connectivity index (χ2v) is 10.7. The highest BCUT2D eigenvalue weighted by molar-refractivity contribution is 7.95. The zero-order valence-electron chi connectivity index (χ0n) is 20.6. The summed E-state index contributed by atoms with van der Waals surface area (Å²) in [5.41, 5.74) is 15.5. The normalized spacial score (nSPS) is 13.4. The van der Waals surface area contributed by atoms with Crippen LogP contribution in [-0.4, -0.2) is 62.2 Å². The monoisotopic (exact) mass is 491 g/mol. The van der Waals surface area contributed by atoms with E-state index in [1.54, 1.807) is 26.1 Å². The molecule has 0 aliphatic rings. The molecule has 10 heteroatoms. The number of benzene rings is 1. The van der Waals surface area contributed by atoms with E-state index in [0.717, 1.165) is 36.3 Å². The number of ketones is 2. The Kier molecular flexibility index (Phi) is 14.9. The third-order valence-electron chi connectivity index (χ3n) is 5.71. The van der Waals surface area contributed by atoms with Crippen LogP contribution in [0.15, 0.2) is 29.4 Å². The van der Waals surface area contributed by atoms with Gasteiger partial charge in [0.15, 0.2) is 0 Å². The maximum absolute atomic E-state index is 12.7. The van der Waals surface area contributed by atoms with Crippen LogP contribution in [0.2, 0.25) is 0 Å². The molecule has 0 aliphatic heterocycles. The molecule has 0 heterocycles. The van der Waals surface area contributed by atoms with Crippen molar-refractivity contribution < 1.29 is 14.4 Å². The van der Waals surface area contributed by atoms with E-state index < -0.39 is 0 Å². The number of Topliss-reactive ketones (excluding diaryl/α,β-unsaturated/α-hetero) is 2. The first-order valence-electron chi connectivity index (χ1n) is 11.7. The molecule has 4 N–H and O–H groups in total. The van der Waals surface area contributed by atoms with Crippen molar-refractivity contribution in [3.63, 3.8) is 0 Å². The van der Waals surface area contributed by atoms with Gasteiger partial charge in [-0.15, -0.1) is 0 Å².